The molecule has 0 saturated heterocycles. The zero-order valence-electron chi connectivity index (χ0n) is 12.9. The molecular weight excluding hydrogens is 305 g/mol. The number of carbonyl (C=O) groups excluding carboxylic acids is 1. The first-order valence-electron chi connectivity index (χ1n) is 7.55. The van der Waals surface area contributed by atoms with Gasteiger partial charge in [-0.25, -0.2) is 4.39 Å². The van der Waals surface area contributed by atoms with Crippen molar-refractivity contribution in [2.24, 2.45) is 0 Å². The topological polar surface area (TPSA) is 38.3 Å². The zero-order valence-corrected chi connectivity index (χ0v) is 12.9. The van der Waals surface area contributed by atoms with Gasteiger partial charge in [0.2, 0.25) is 0 Å². The number of para-hydroxylation sites is 1. The molecule has 0 aliphatic rings. The van der Waals surface area contributed by atoms with Crippen LogP contribution in [0.25, 0.3) is 0 Å². The van der Waals surface area contributed by atoms with Crippen LogP contribution in [0, 0.1) is 5.82 Å². The standard InChI is InChI=1S/C20H16FNO2/c21-16-10-12-17(13-11-16)22-20(23)19-9-5-4-6-15(19)14-24-18-7-2-1-3-8-18/h1-13H,14H2,(H,22,23). The molecule has 0 spiro atoms. The Morgan fingerprint density at radius 1 is 0.875 bits per heavy atom. The van der Waals surface area contributed by atoms with Gasteiger partial charge in [-0.2, -0.15) is 0 Å². The lowest BCUT2D eigenvalue weighted by molar-refractivity contribution is 0.102. The summed E-state index contributed by atoms with van der Waals surface area (Å²) in [7, 11) is 0. The highest BCUT2D eigenvalue weighted by atomic mass is 19.1. The Balaban J connectivity index is 1.73. The van der Waals surface area contributed by atoms with Gasteiger partial charge in [-0.3, -0.25) is 4.79 Å². The van der Waals surface area contributed by atoms with Crippen LogP contribution in [-0.4, -0.2) is 5.91 Å². The van der Waals surface area contributed by atoms with Crippen molar-refractivity contribution in [3.8, 4) is 5.75 Å². The average Bonchev–Trinajstić information content (AvgIpc) is 2.63. The first-order chi connectivity index (χ1) is 11.7. The van der Waals surface area contributed by atoms with Gasteiger partial charge in [-0.15, -0.1) is 0 Å². The molecule has 0 radical (unpaired) electrons. The molecule has 0 bridgehead atoms. The highest BCUT2D eigenvalue weighted by Gasteiger charge is 2.11. The van der Waals surface area contributed by atoms with Gasteiger partial charge in [0, 0.05) is 16.8 Å². The van der Waals surface area contributed by atoms with Crippen LogP contribution in [0.5, 0.6) is 5.75 Å². The van der Waals surface area contributed by atoms with E-state index in [1.165, 1.54) is 24.3 Å². The van der Waals surface area contributed by atoms with Gasteiger partial charge in [0.05, 0.1) is 0 Å². The van der Waals surface area contributed by atoms with Crippen molar-refractivity contribution in [3.63, 3.8) is 0 Å². The molecule has 0 atom stereocenters. The van der Waals surface area contributed by atoms with Gasteiger partial charge in [0.15, 0.2) is 0 Å². The van der Waals surface area contributed by atoms with Gasteiger partial charge in [0.1, 0.15) is 18.2 Å². The predicted molar refractivity (Wildman–Crippen MR) is 91.6 cm³/mol. The van der Waals surface area contributed by atoms with E-state index < -0.39 is 0 Å². The molecule has 24 heavy (non-hydrogen) atoms. The van der Waals surface area contributed by atoms with Crippen LogP contribution in [0.15, 0.2) is 78.9 Å². The highest BCUT2D eigenvalue weighted by Crippen LogP contribution is 2.17. The molecule has 0 aromatic heterocycles. The average molecular weight is 321 g/mol. The minimum absolute atomic E-state index is 0.256. The van der Waals surface area contributed by atoms with Crippen LogP contribution in [0.2, 0.25) is 0 Å². The van der Waals surface area contributed by atoms with Crippen molar-refractivity contribution in [3.05, 3.63) is 95.8 Å². The number of ether oxygens (including phenoxy) is 1. The minimum Gasteiger partial charge on any atom is -0.489 e. The van der Waals surface area contributed by atoms with Crippen molar-refractivity contribution in [2.75, 3.05) is 5.32 Å². The molecule has 0 aliphatic carbocycles. The summed E-state index contributed by atoms with van der Waals surface area (Å²) in [5.41, 5.74) is 1.85. The van der Waals surface area contributed by atoms with Crippen LogP contribution in [-0.2, 0) is 6.61 Å². The normalized spacial score (nSPS) is 10.2. The number of amides is 1. The summed E-state index contributed by atoms with van der Waals surface area (Å²) in [6, 6.07) is 22.3. The van der Waals surface area contributed by atoms with E-state index in [2.05, 4.69) is 5.32 Å². The lowest BCUT2D eigenvalue weighted by Crippen LogP contribution is -2.15. The number of hydrogen-bond donors (Lipinski definition) is 1. The molecule has 0 unspecified atom stereocenters. The van der Waals surface area contributed by atoms with E-state index in [0.29, 0.717) is 11.3 Å². The predicted octanol–water partition coefficient (Wildman–Crippen LogP) is 4.66. The molecule has 0 aliphatic heterocycles. The number of hydrogen-bond acceptors (Lipinski definition) is 2. The van der Waals surface area contributed by atoms with E-state index in [1.807, 2.05) is 42.5 Å². The number of benzene rings is 3. The van der Waals surface area contributed by atoms with Gasteiger partial charge >= 0.3 is 0 Å². The van der Waals surface area contributed by atoms with Crippen molar-refractivity contribution < 1.29 is 13.9 Å². The molecular formula is C20H16FNO2. The Bertz CT molecular complexity index is 817. The maximum atomic E-state index is 12.9. The van der Waals surface area contributed by atoms with Crippen molar-refractivity contribution in [1.82, 2.24) is 0 Å². The van der Waals surface area contributed by atoms with E-state index in [1.54, 1.807) is 12.1 Å². The molecule has 0 fully saturated rings. The third-order valence-electron chi connectivity index (χ3n) is 3.50. The summed E-state index contributed by atoms with van der Waals surface area (Å²) >= 11 is 0. The second-order valence-electron chi connectivity index (χ2n) is 5.22. The first kappa shape index (κ1) is 15.7. The van der Waals surface area contributed by atoms with Gasteiger partial charge in [-0.05, 0) is 42.5 Å². The highest BCUT2D eigenvalue weighted by molar-refractivity contribution is 6.05. The molecule has 1 N–H and O–H groups in total. The minimum atomic E-state index is -0.343. The summed E-state index contributed by atoms with van der Waals surface area (Å²) in [6.07, 6.45) is 0. The lowest BCUT2D eigenvalue weighted by atomic mass is 10.1. The number of rotatable bonds is 5. The Morgan fingerprint density at radius 2 is 1.54 bits per heavy atom. The Morgan fingerprint density at radius 3 is 2.29 bits per heavy atom. The number of halogens is 1. The van der Waals surface area contributed by atoms with Gasteiger partial charge in [-0.1, -0.05) is 36.4 Å². The van der Waals surface area contributed by atoms with E-state index in [0.717, 1.165) is 11.3 Å². The SMILES string of the molecule is O=C(Nc1ccc(F)cc1)c1ccccc1COc1ccccc1. The molecule has 4 heteroatoms. The maximum Gasteiger partial charge on any atom is 0.256 e. The molecule has 0 saturated carbocycles. The second kappa shape index (κ2) is 7.42. The third-order valence-corrected chi connectivity index (χ3v) is 3.50. The molecule has 120 valence electrons. The number of nitrogens with one attached hydrogen (secondary N) is 1. The monoisotopic (exact) mass is 321 g/mol. The Kier molecular flexibility index (Phi) is 4.87. The fourth-order valence-corrected chi connectivity index (χ4v) is 2.28. The van der Waals surface area contributed by atoms with Crippen LogP contribution in [0.4, 0.5) is 10.1 Å². The van der Waals surface area contributed by atoms with Gasteiger partial charge in [0.25, 0.3) is 5.91 Å². The Hall–Kier alpha value is -3.14. The van der Waals surface area contributed by atoms with Crippen LogP contribution in [0.1, 0.15) is 15.9 Å². The van der Waals surface area contributed by atoms with Crippen LogP contribution >= 0.6 is 0 Å². The molecule has 0 heterocycles. The number of carbonyl (C=O) groups is 1. The summed E-state index contributed by atoms with van der Waals surface area (Å²) in [5.74, 6) is 0.143. The molecule has 3 nitrogen and oxygen atoms in total. The van der Waals surface area contributed by atoms with Crippen molar-refractivity contribution >= 4 is 11.6 Å². The zero-order chi connectivity index (χ0) is 16.8. The fourth-order valence-electron chi connectivity index (χ4n) is 2.28. The summed E-state index contributed by atoms with van der Waals surface area (Å²) in [4.78, 5) is 12.5. The van der Waals surface area contributed by atoms with Crippen LogP contribution in [0.3, 0.4) is 0 Å². The van der Waals surface area contributed by atoms with E-state index in [-0.39, 0.29) is 18.3 Å². The van der Waals surface area contributed by atoms with Crippen LogP contribution < -0.4 is 10.1 Å². The third kappa shape index (κ3) is 3.98. The fraction of sp³-hybridized carbons (Fsp3) is 0.0500. The van der Waals surface area contributed by atoms with Crippen molar-refractivity contribution in [1.29, 1.82) is 0 Å². The molecule has 3 rings (SSSR count). The Labute approximate surface area is 139 Å². The van der Waals surface area contributed by atoms with E-state index >= 15 is 0 Å². The summed E-state index contributed by atoms with van der Waals surface area (Å²) < 4.78 is 18.7. The van der Waals surface area contributed by atoms with Crippen molar-refractivity contribution in [2.45, 2.75) is 6.61 Å². The lowest BCUT2D eigenvalue weighted by Gasteiger charge is -2.11. The summed E-state index contributed by atoms with van der Waals surface area (Å²) in [5, 5.41) is 2.76. The smallest absolute Gasteiger partial charge is 0.256 e. The summed E-state index contributed by atoms with van der Waals surface area (Å²) in [6.45, 7) is 0.289. The van der Waals surface area contributed by atoms with Gasteiger partial charge < -0.3 is 10.1 Å². The first-order valence-corrected chi connectivity index (χ1v) is 7.55. The number of anilines is 1. The molecule has 1 amide bonds. The maximum absolute atomic E-state index is 12.9. The van der Waals surface area contributed by atoms with E-state index in [4.69, 9.17) is 4.74 Å². The van der Waals surface area contributed by atoms with E-state index in [9.17, 15) is 9.18 Å². The largest absolute Gasteiger partial charge is 0.489 e. The molecule has 3 aromatic rings. The second-order valence-corrected chi connectivity index (χ2v) is 5.22. The quantitative estimate of drug-likeness (QED) is 0.742. The molecule has 3 aromatic carbocycles.